The quantitative estimate of drug-likeness (QED) is 0.521. The summed E-state index contributed by atoms with van der Waals surface area (Å²) in [5.41, 5.74) is 1.28. The van der Waals surface area contributed by atoms with Crippen LogP contribution in [-0.2, 0) is 6.54 Å². The Bertz CT molecular complexity index is 1130. The molecule has 0 bridgehead atoms. The summed E-state index contributed by atoms with van der Waals surface area (Å²) in [5.74, 6) is 0.669. The van der Waals surface area contributed by atoms with Gasteiger partial charge in [-0.1, -0.05) is 30.3 Å². The maximum Gasteiger partial charge on any atom is 0.405 e. The molecule has 0 spiro atoms. The topological polar surface area (TPSA) is 100 Å². The fourth-order valence-electron chi connectivity index (χ4n) is 5.13. The van der Waals surface area contributed by atoms with Crippen molar-refractivity contribution in [2.45, 2.75) is 44.9 Å². The molecule has 3 heterocycles. The van der Waals surface area contributed by atoms with Gasteiger partial charge in [0.15, 0.2) is 0 Å². The SMILES string of the molecule is C[C@@H]1CN(c2ncc(C#N)c(NCC(F)(F)F)n2)CCN1C(=O)NCCC1CCN(Cc2ccccc2)CC1. The van der Waals surface area contributed by atoms with E-state index >= 15 is 0 Å². The molecule has 0 aliphatic carbocycles. The van der Waals surface area contributed by atoms with Gasteiger partial charge in [0.2, 0.25) is 5.95 Å². The van der Waals surface area contributed by atoms with Gasteiger partial charge in [-0.3, -0.25) is 4.90 Å². The molecule has 39 heavy (non-hydrogen) atoms. The van der Waals surface area contributed by atoms with Crippen LogP contribution in [0.1, 0.15) is 37.3 Å². The molecule has 2 aromatic rings. The molecule has 2 amide bonds. The van der Waals surface area contributed by atoms with Crippen LogP contribution in [0.25, 0.3) is 0 Å². The summed E-state index contributed by atoms with van der Waals surface area (Å²) in [6, 6.07) is 12.0. The van der Waals surface area contributed by atoms with Crippen molar-refractivity contribution < 1.29 is 18.0 Å². The number of nitrogens with one attached hydrogen (secondary N) is 2. The second-order valence-electron chi connectivity index (χ2n) is 10.2. The molecule has 0 unspecified atom stereocenters. The van der Waals surface area contributed by atoms with Crippen LogP contribution in [-0.4, -0.2) is 83.8 Å². The lowest BCUT2D eigenvalue weighted by Crippen LogP contribution is -2.57. The lowest BCUT2D eigenvalue weighted by atomic mass is 9.93. The van der Waals surface area contributed by atoms with E-state index in [0.29, 0.717) is 32.1 Å². The zero-order chi connectivity index (χ0) is 27.8. The Hall–Kier alpha value is -3.59. The third kappa shape index (κ3) is 8.20. The predicted molar refractivity (Wildman–Crippen MR) is 142 cm³/mol. The molecule has 0 radical (unpaired) electrons. The number of anilines is 2. The number of nitrogens with zero attached hydrogens (tertiary/aromatic N) is 6. The Balaban J connectivity index is 1.20. The highest BCUT2D eigenvalue weighted by Crippen LogP contribution is 2.23. The molecule has 1 aromatic carbocycles. The van der Waals surface area contributed by atoms with E-state index in [-0.39, 0.29) is 29.4 Å². The van der Waals surface area contributed by atoms with Gasteiger partial charge in [-0.2, -0.15) is 23.4 Å². The molecule has 1 atom stereocenters. The summed E-state index contributed by atoms with van der Waals surface area (Å²) in [4.78, 5) is 27.3. The molecule has 2 fully saturated rings. The first-order valence-electron chi connectivity index (χ1n) is 13.4. The molecular formula is C27H35F3N8O. The zero-order valence-corrected chi connectivity index (χ0v) is 22.1. The van der Waals surface area contributed by atoms with Gasteiger partial charge in [0, 0.05) is 38.8 Å². The molecule has 2 N–H and O–H groups in total. The largest absolute Gasteiger partial charge is 0.405 e. The summed E-state index contributed by atoms with van der Waals surface area (Å²) >= 11 is 0. The number of nitriles is 1. The normalized spacial score (nSPS) is 19.0. The van der Waals surface area contributed by atoms with E-state index < -0.39 is 12.7 Å². The van der Waals surface area contributed by atoms with E-state index in [4.69, 9.17) is 0 Å². The minimum atomic E-state index is -4.44. The van der Waals surface area contributed by atoms with Crippen molar-refractivity contribution in [3.8, 4) is 6.07 Å². The monoisotopic (exact) mass is 544 g/mol. The molecule has 4 rings (SSSR count). The van der Waals surface area contributed by atoms with E-state index in [1.807, 2.05) is 24.0 Å². The first-order chi connectivity index (χ1) is 18.7. The number of carbonyl (C=O) groups is 1. The molecular weight excluding hydrogens is 509 g/mol. The van der Waals surface area contributed by atoms with E-state index in [1.165, 1.54) is 11.8 Å². The highest BCUT2D eigenvalue weighted by atomic mass is 19.4. The molecule has 2 aliphatic rings. The number of alkyl halides is 3. The van der Waals surface area contributed by atoms with Crippen molar-refractivity contribution in [1.29, 1.82) is 5.26 Å². The predicted octanol–water partition coefficient (Wildman–Crippen LogP) is 3.84. The maximum absolute atomic E-state index is 12.9. The fraction of sp³-hybridized carbons (Fsp3) is 0.556. The van der Waals surface area contributed by atoms with Crippen molar-refractivity contribution in [3.63, 3.8) is 0 Å². The van der Waals surface area contributed by atoms with Crippen LogP contribution in [0, 0.1) is 17.2 Å². The number of benzene rings is 1. The van der Waals surface area contributed by atoms with Gasteiger partial charge in [-0.25, -0.2) is 9.78 Å². The molecule has 210 valence electrons. The number of hydrogen-bond acceptors (Lipinski definition) is 7. The molecule has 0 saturated carbocycles. The molecule has 1 aromatic heterocycles. The molecule has 2 aliphatic heterocycles. The summed E-state index contributed by atoms with van der Waals surface area (Å²) in [5, 5.41) is 14.4. The van der Waals surface area contributed by atoms with Gasteiger partial charge in [-0.15, -0.1) is 0 Å². The number of hydrogen-bond donors (Lipinski definition) is 2. The van der Waals surface area contributed by atoms with Crippen LogP contribution < -0.4 is 15.5 Å². The van der Waals surface area contributed by atoms with Crippen LogP contribution in [0.3, 0.4) is 0 Å². The van der Waals surface area contributed by atoms with Crippen LogP contribution in [0.15, 0.2) is 36.5 Å². The van der Waals surface area contributed by atoms with Crippen LogP contribution in [0.5, 0.6) is 0 Å². The van der Waals surface area contributed by atoms with Crippen molar-refractivity contribution >= 4 is 17.8 Å². The van der Waals surface area contributed by atoms with Crippen molar-refractivity contribution in [3.05, 3.63) is 47.7 Å². The summed E-state index contributed by atoms with van der Waals surface area (Å²) in [7, 11) is 0. The minimum Gasteiger partial charge on any atom is -0.360 e. The van der Waals surface area contributed by atoms with E-state index in [2.05, 4.69) is 49.8 Å². The summed E-state index contributed by atoms with van der Waals surface area (Å²) in [6.07, 6.45) is -0.0155. The smallest absolute Gasteiger partial charge is 0.360 e. The van der Waals surface area contributed by atoms with Gasteiger partial charge >= 0.3 is 12.2 Å². The number of rotatable bonds is 8. The number of carbonyl (C=O) groups excluding carboxylic acids is 1. The first kappa shape index (κ1) is 28.4. The standard InChI is InChI=1S/C27H35F3N8O/c1-20-17-37(25-33-16-23(15-31)24(35-25)34-19-27(28,29)30)13-14-38(20)26(39)32-10-7-21-8-11-36(12-9-21)18-22-5-3-2-4-6-22/h2-6,16,20-21H,7-14,17-19H2,1H3,(H,32,39)(H,33,34,35)/t20-/m1/s1. The van der Waals surface area contributed by atoms with Crippen molar-refractivity contribution in [1.82, 2.24) is 25.1 Å². The summed E-state index contributed by atoms with van der Waals surface area (Å²) < 4.78 is 37.9. The minimum absolute atomic E-state index is 0.0593. The molecule has 2 saturated heterocycles. The number of piperazine rings is 1. The average molecular weight is 545 g/mol. The van der Waals surface area contributed by atoms with Gasteiger partial charge in [-0.05, 0) is 50.8 Å². The van der Waals surface area contributed by atoms with Crippen molar-refractivity contribution in [2.24, 2.45) is 5.92 Å². The van der Waals surface area contributed by atoms with Gasteiger partial charge in [0.05, 0.1) is 6.20 Å². The Labute approximate surface area is 227 Å². The summed E-state index contributed by atoms with van der Waals surface area (Å²) in [6.45, 7) is 5.65. The van der Waals surface area contributed by atoms with Crippen LogP contribution in [0.4, 0.5) is 29.7 Å². The fourth-order valence-corrected chi connectivity index (χ4v) is 5.13. The zero-order valence-electron chi connectivity index (χ0n) is 22.1. The van der Waals surface area contributed by atoms with Gasteiger partial charge in [0.25, 0.3) is 0 Å². The Kier molecular flexibility index (Phi) is 9.45. The second-order valence-corrected chi connectivity index (χ2v) is 10.2. The van der Waals surface area contributed by atoms with Crippen LogP contribution in [0.2, 0.25) is 0 Å². The Morgan fingerprint density at radius 1 is 1.15 bits per heavy atom. The number of piperidine rings is 1. The third-order valence-corrected chi connectivity index (χ3v) is 7.31. The van der Waals surface area contributed by atoms with Gasteiger partial charge in [0.1, 0.15) is 24.0 Å². The van der Waals surface area contributed by atoms with Gasteiger partial charge < -0.3 is 20.4 Å². The lowest BCUT2D eigenvalue weighted by Gasteiger charge is -2.40. The highest BCUT2D eigenvalue weighted by molar-refractivity contribution is 5.75. The van der Waals surface area contributed by atoms with E-state index in [1.54, 1.807) is 4.90 Å². The number of aromatic nitrogens is 2. The van der Waals surface area contributed by atoms with E-state index in [9.17, 15) is 23.2 Å². The molecule has 12 heteroatoms. The number of urea groups is 1. The average Bonchev–Trinajstić information content (AvgIpc) is 2.92. The molecule has 9 nitrogen and oxygen atoms in total. The second kappa shape index (κ2) is 13.0. The number of halogens is 3. The van der Waals surface area contributed by atoms with Crippen LogP contribution >= 0.6 is 0 Å². The highest BCUT2D eigenvalue weighted by Gasteiger charge is 2.30. The lowest BCUT2D eigenvalue weighted by molar-refractivity contribution is -0.115. The number of amides is 2. The third-order valence-electron chi connectivity index (χ3n) is 7.31. The van der Waals surface area contributed by atoms with Crippen molar-refractivity contribution in [2.75, 3.05) is 56.0 Å². The Morgan fingerprint density at radius 3 is 2.56 bits per heavy atom. The Morgan fingerprint density at radius 2 is 1.90 bits per heavy atom. The number of likely N-dealkylation sites (tertiary alicyclic amines) is 1. The first-order valence-corrected chi connectivity index (χ1v) is 13.4. The maximum atomic E-state index is 12.9. The van der Waals surface area contributed by atoms with E-state index in [0.717, 1.165) is 38.9 Å².